The number of hydrogen-bond donors (Lipinski definition) is 0. The van der Waals surface area contributed by atoms with Gasteiger partial charge >= 0.3 is 0 Å². The Kier molecular flexibility index (Phi) is 4.90. The van der Waals surface area contributed by atoms with Crippen LogP contribution in [-0.4, -0.2) is 29.9 Å². The largest absolute Gasteiger partial charge is 0.308 e. The molecule has 0 aliphatic carbocycles. The summed E-state index contributed by atoms with van der Waals surface area (Å²) in [6, 6.07) is 15.3. The number of anilines is 1. The number of carbonyl (C=O) groups excluding carboxylic acids is 1. The molecule has 120 valence electrons. The summed E-state index contributed by atoms with van der Waals surface area (Å²) in [5, 5.41) is 1.08. The first-order valence-electron chi connectivity index (χ1n) is 7.60. The van der Waals surface area contributed by atoms with Crippen LogP contribution < -0.4 is 4.90 Å². The lowest BCUT2D eigenvalue weighted by atomic mass is 10.1. The van der Waals surface area contributed by atoms with Crippen molar-refractivity contribution in [1.29, 1.82) is 0 Å². The smallest absolute Gasteiger partial charge is 0.244 e. The van der Waals surface area contributed by atoms with E-state index in [4.69, 9.17) is 23.2 Å². The number of halogens is 2. The standard InChI is InChI=1S/C18H18Cl2N2O/c1-13-18(23)22(17-8-7-15(19)11-16(17)20)10-9-21(13)12-14-5-3-2-4-6-14/h2-8,11,13H,9-10,12H2,1H3. The molecule has 3 rings (SSSR count). The van der Waals surface area contributed by atoms with Crippen LogP contribution in [0.4, 0.5) is 5.69 Å². The van der Waals surface area contributed by atoms with E-state index in [0.717, 1.165) is 18.8 Å². The summed E-state index contributed by atoms with van der Waals surface area (Å²) in [6.45, 7) is 4.15. The number of hydrogen-bond acceptors (Lipinski definition) is 2. The molecule has 1 heterocycles. The van der Waals surface area contributed by atoms with E-state index >= 15 is 0 Å². The molecule has 1 aliphatic rings. The average molecular weight is 349 g/mol. The number of carbonyl (C=O) groups is 1. The van der Waals surface area contributed by atoms with Crippen LogP contribution >= 0.6 is 23.2 Å². The van der Waals surface area contributed by atoms with Crippen LogP contribution in [0.2, 0.25) is 10.0 Å². The summed E-state index contributed by atoms with van der Waals surface area (Å²) in [5.41, 5.74) is 1.94. The minimum Gasteiger partial charge on any atom is -0.308 e. The minimum atomic E-state index is -0.185. The number of amides is 1. The van der Waals surface area contributed by atoms with Crippen LogP contribution in [0.1, 0.15) is 12.5 Å². The van der Waals surface area contributed by atoms with Gasteiger partial charge in [0.1, 0.15) is 0 Å². The Morgan fingerprint density at radius 2 is 1.83 bits per heavy atom. The highest BCUT2D eigenvalue weighted by Crippen LogP contribution is 2.31. The summed E-state index contributed by atoms with van der Waals surface area (Å²) in [6.07, 6.45) is 0. The Bertz CT molecular complexity index is 705. The Morgan fingerprint density at radius 3 is 2.52 bits per heavy atom. The molecule has 1 saturated heterocycles. The lowest BCUT2D eigenvalue weighted by Gasteiger charge is -2.39. The molecule has 0 saturated carbocycles. The van der Waals surface area contributed by atoms with Crippen molar-refractivity contribution in [2.45, 2.75) is 19.5 Å². The van der Waals surface area contributed by atoms with Gasteiger partial charge in [-0.1, -0.05) is 53.5 Å². The zero-order valence-electron chi connectivity index (χ0n) is 12.9. The van der Waals surface area contributed by atoms with Gasteiger partial charge in [-0.15, -0.1) is 0 Å². The molecule has 2 aromatic carbocycles. The highest BCUT2D eigenvalue weighted by atomic mass is 35.5. The molecule has 3 nitrogen and oxygen atoms in total. The molecule has 1 fully saturated rings. The normalized spacial score (nSPS) is 19.2. The van der Waals surface area contributed by atoms with Crippen LogP contribution in [0.25, 0.3) is 0 Å². The lowest BCUT2D eigenvalue weighted by Crippen LogP contribution is -2.55. The van der Waals surface area contributed by atoms with Crippen LogP contribution in [0.5, 0.6) is 0 Å². The highest BCUT2D eigenvalue weighted by molar-refractivity contribution is 6.36. The molecular weight excluding hydrogens is 331 g/mol. The SMILES string of the molecule is CC1C(=O)N(c2ccc(Cl)cc2Cl)CCN1Cc1ccccc1. The monoisotopic (exact) mass is 348 g/mol. The van der Waals surface area contributed by atoms with Crippen LogP contribution in [0.15, 0.2) is 48.5 Å². The van der Waals surface area contributed by atoms with Gasteiger partial charge in [-0.3, -0.25) is 9.69 Å². The first kappa shape index (κ1) is 16.3. The van der Waals surface area contributed by atoms with Crippen molar-refractivity contribution in [1.82, 2.24) is 4.90 Å². The van der Waals surface area contributed by atoms with Gasteiger partial charge in [-0.05, 0) is 30.7 Å². The van der Waals surface area contributed by atoms with E-state index in [1.54, 1.807) is 17.0 Å². The van der Waals surface area contributed by atoms with Crippen molar-refractivity contribution >= 4 is 34.8 Å². The van der Waals surface area contributed by atoms with Crippen LogP contribution in [-0.2, 0) is 11.3 Å². The Hall–Kier alpha value is -1.55. The number of benzene rings is 2. The zero-order valence-corrected chi connectivity index (χ0v) is 14.4. The van der Waals surface area contributed by atoms with Gasteiger partial charge in [-0.2, -0.15) is 0 Å². The molecule has 23 heavy (non-hydrogen) atoms. The van der Waals surface area contributed by atoms with Crippen molar-refractivity contribution in [3.05, 3.63) is 64.1 Å². The van der Waals surface area contributed by atoms with Gasteiger partial charge in [0, 0.05) is 24.7 Å². The van der Waals surface area contributed by atoms with Crippen LogP contribution in [0, 0.1) is 0 Å². The van der Waals surface area contributed by atoms with E-state index < -0.39 is 0 Å². The third-order valence-electron chi connectivity index (χ3n) is 4.21. The highest BCUT2D eigenvalue weighted by Gasteiger charge is 2.32. The molecular formula is C18H18Cl2N2O. The van der Waals surface area contributed by atoms with E-state index in [0.29, 0.717) is 16.6 Å². The van der Waals surface area contributed by atoms with Crippen molar-refractivity contribution in [2.75, 3.05) is 18.0 Å². The second kappa shape index (κ2) is 6.91. The summed E-state index contributed by atoms with van der Waals surface area (Å²) in [7, 11) is 0. The van der Waals surface area contributed by atoms with E-state index in [2.05, 4.69) is 17.0 Å². The van der Waals surface area contributed by atoms with Gasteiger partial charge in [0.2, 0.25) is 5.91 Å². The predicted octanol–water partition coefficient (Wildman–Crippen LogP) is 4.23. The van der Waals surface area contributed by atoms with Crippen molar-refractivity contribution in [3.63, 3.8) is 0 Å². The fourth-order valence-corrected chi connectivity index (χ4v) is 3.40. The number of piperazine rings is 1. The minimum absolute atomic E-state index is 0.0661. The molecule has 0 radical (unpaired) electrons. The molecule has 1 aliphatic heterocycles. The fourth-order valence-electron chi connectivity index (χ4n) is 2.89. The molecule has 1 atom stereocenters. The van der Waals surface area contributed by atoms with Gasteiger partial charge in [0.05, 0.1) is 16.8 Å². The summed E-state index contributed by atoms with van der Waals surface area (Å²) in [5.74, 6) is 0.0661. The molecule has 0 aromatic heterocycles. The molecule has 1 unspecified atom stereocenters. The van der Waals surface area contributed by atoms with Crippen molar-refractivity contribution in [2.24, 2.45) is 0 Å². The molecule has 1 amide bonds. The van der Waals surface area contributed by atoms with Crippen molar-refractivity contribution in [3.8, 4) is 0 Å². The zero-order chi connectivity index (χ0) is 16.4. The van der Waals surface area contributed by atoms with Gasteiger partial charge in [0.25, 0.3) is 0 Å². The maximum atomic E-state index is 12.8. The average Bonchev–Trinajstić information content (AvgIpc) is 2.54. The summed E-state index contributed by atoms with van der Waals surface area (Å²) >= 11 is 12.2. The van der Waals surface area contributed by atoms with Crippen molar-refractivity contribution < 1.29 is 4.79 Å². The summed E-state index contributed by atoms with van der Waals surface area (Å²) in [4.78, 5) is 16.7. The predicted molar refractivity (Wildman–Crippen MR) is 95.1 cm³/mol. The molecule has 5 heteroatoms. The molecule has 0 spiro atoms. The van der Waals surface area contributed by atoms with E-state index in [1.807, 2.05) is 31.2 Å². The maximum absolute atomic E-state index is 12.8. The van der Waals surface area contributed by atoms with Gasteiger partial charge in [-0.25, -0.2) is 0 Å². The van der Waals surface area contributed by atoms with Gasteiger partial charge in [0.15, 0.2) is 0 Å². The molecule has 0 bridgehead atoms. The first-order valence-corrected chi connectivity index (χ1v) is 8.36. The molecule has 0 N–H and O–H groups in total. The quantitative estimate of drug-likeness (QED) is 0.828. The Labute approximate surface area is 146 Å². The third-order valence-corrected chi connectivity index (χ3v) is 4.75. The third kappa shape index (κ3) is 3.52. The number of nitrogens with zero attached hydrogens (tertiary/aromatic N) is 2. The van der Waals surface area contributed by atoms with E-state index in [-0.39, 0.29) is 11.9 Å². The fraction of sp³-hybridized carbons (Fsp3) is 0.278. The van der Waals surface area contributed by atoms with Crippen LogP contribution in [0.3, 0.4) is 0 Å². The lowest BCUT2D eigenvalue weighted by molar-refractivity contribution is -0.125. The maximum Gasteiger partial charge on any atom is 0.244 e. The molecule has 2 aromatic rings. The second-order valence-corrected chi connectivity index (χ2v) is 6.56. The van der Waals surface area contributed by atoms with E-state index in [1.165, 1.54) is 5.56 Å². The number of rotatable bonds is 3. The second-order valence-electron chi connectivity index (χ2n) is 5.72. The van der Waals surface area contributed by atoms with Gasteiger partial charge < -0.3 is 4.90 Å². The Morgan fingerprint density at radius 1 is 1.09 bits per heavy atom. The van der Waals surface area contributed by atoms with E-state index in [9.17, 15) is 4.79 Å². The topological polar surface area (TPSA) is 23.6 Å². The Balaban J connectivity index is 1.76. The first-order chi connectivity index (χ1) is 11.1. The summed E-state index contributed by atoms with van der Waals surface area (Å²) < 4.78 is 0.